The molecule has 1 rings (SSSR count). The fourth-order valence-electron chi connectivity index (χ4n) is 1.58. The Morgan fingerprint density at radius 1 is 1.59 bits per heavy atom. The number of rotatable bonds is 6. The number of nitrogens with one attached hydrogen (secondary N) is 1. The molecule has 0 saturated heterocycles. The third-order valence-corrected chi connectivity index (χ3v) is 2.52. The van der Waals surface area contributed by atoms with Crippen LogP contribution in [0, 0.1) is 12.8 Å². The van der Waals surface area contributed by atoms with Crippen molar-refractivity contribution in [2.45, 2.75) is 39.8 Å². The monoisotopic (exact) mass is 239 g/mol. The van der Waals surface area contributed by atoms with Crippen LogP contribution in [0.5, 0.6) is 0 Å². The molecular weight excluding hydrogens is 218 g/mol. The van der Waals surface area contributed by atoms with Gasteiger partial charge in [0.1, 0.15) is 12.2 Å². The van der Waals surface area contributed by atoms with Gasteiger partial charge in [0.25, 0.3) is 0 Å². The standard InChI is InChI=1S/C11H21N5O/c1-8(2)6-10(12)11(17)13-4-5-16-7-14-15-9(16)3/h7-8,10H,4-6,12H2,1-3H3,(H,13,17)/t10-/m0/s1. The van der Waals surface area contributed by atoms with Crippen molar-refractivity contribution in [3.8, 4) is 0 Å². The lowest BCUT2D eigenvalue weighted by Gasteiger charge is -2.14. The Morgan fingerprint density at radius 2 is 2.29 bits per heavy atom. The van der Waals surface area contributed by atoms with E-state index in [2.05, 4.69) is 15.5 Å². The Balaban J connectivity index is 2.27. The average molecular weight is 239 g/mol. The summed E-state index contributed by atoms with van der Waals surface area (Å²) in [5, 5.41) is 10.4. The molecule has 96 valence electrons. The predicted octanol–water partition coefficient (Wildman–Crippen LogP) is 0.0761. The van der Waals surface area contributed by atoms with E-state index in [1.54, 1.807) is 6.33 Å². The maximum atomic E-state index is 11.6. The smallest absolute Gasteiger partial charge is 0.236 e. The molecular formula is C11H21N5O. The molecule has 0 saturated carbocycles. The topological polar surface area (TPSA) is 85.8 Å². The molecule has 6 nitrogen and oxygen atoms in total. The normalized spacial score (nSPS) is 12.8. The lowest BCUT2D eigenvalue weighted by Crippen LogP contribution is -2.42. The summed E-state index contributed by atoms with van der Waals surface area (Å²) in [4.78, 5) is 11.6. The molecule has 1 heterocycles. The van der Waals surface area contributed by atoms with Gasteiger partial charge in [-0.2, -0.15) is 0 Å². The minimum atomic E-state index is -0.419. The number of amides is 1. The van der Waals surface area contributed by atoms with Crippen molar-refractivity contribution in [2.75, 3.05) is 6.54 Å². The molecule has 0 radical (unpaired) electrons. The summed E-state index contributed by atoms with van der Waals surface area (Å²) in [6.07, 6.45) is 2.35. The molecule has 0 unspecified atom stereocenters. The van der Waals surface area contributed by atoms with E-state index in [1.807, 2.05) is 25.3 Å². The number of carbonyl (C=O) groups excluding carboxylic acids is 1. The van der Waals surface area contributed by atoms with E-state index in [0.29, 0.717) is 25.4 Å². The second-order valence-corrected chi connectivity index (χ2v) is 4.60. The number of nitrogens with zero attached hydrogens (tertiary/aromatic N) is 3. The summed E-state index contributed by atoms with van der Waals surface area (Å²) in [7, 11) is 0. The van der Waals surface area contributed by atoms with Crippen LogP contribution in [0.2, 0.25) is 0 Å². The number of aromatic nitrogens is 3. The van der Waals surface area contributed by atoms with Crippen LogP contribution in [-0.2, 0) is 11.3 Å². The molecule has 1 amide bonds. The summed E-state index contributed by atoms with van der Waals surface area (Å²) in [6.45, 7) is 7.18. The fraction of sp³-hybridized carbons (Fsp3) is 0.727. The number of hydrogen-bond acceptors (Lipinski definition) is 4. The maximum Gasteiger partial charge on any atom is 0.236 e. The van der Waals surface area contributed by atoms with Gasteiger partial charge < -0.3 is 15.6 Å². The van der Waals surface area contributed by atoms with Crippen molar-refractivity contribution in [1.82, 2.24) is 20.1 Å². The first kappa shape index (κ1) is 13.6. The van der Waals surface area contributed by atoms with Crippen molar-refractivity contribution in [2.24, 2.45) is 11.7 Å². The maximum absolute atomic E-state index is 11.6. The van der Waals surface area contributed by atoms with Gasteiger partial charge in [0.05, 0.1) is 6.04 Å². The average Bonchev–Trinajstić information content (AvgIpc) is 2.63. The van der Waals surface area contributed by atoms with Gasteiger partial charge in [0.15, 0.2) is 0 Å². The van der Waals surface area contributed by atoms with Crippen molar-refractivity contribution in [3.05, 3.63) is 12.2 Å². The Bertz CT molecular complexity index is 360. The van der Waals surface area contributed by atoms with Crippen LogP contribution in [0.1, 0.15) is 26.1 Å². The van der Waals surface area contributed by atoms with Crippen molar-refractivity contribution in [3.63, 3.8) is 0 Å². The molecule has 1 aromatic rings. The van der Waals surface area contributed by atoms with Gasteiger partial charge in [0.2, 0.25) is 5.91 Å². The molecule has 0 spiro atoms. The molecule has 0 aromatic carbocycles. The first-order valence-electron chi connectivity index (χ1n) is 5.88. The molecule has 0 aliphatic heterocycles. The number of carbonyl (C=O) groups is 1. The lowest BCUT2D eigenvalue weighted by atomic mass is 10.0. The van der Waals surface area contributed by atoms with E-state index >= 15 is 0 Å². The lowest BCUT2D eigenvalue weighted by molar-refractivity contribution is -0.122. The summed E-state index contributed by atoms with van der Waals surface area (Å²) < 4.78 is 1.88. The highest BCUT2D eigenvalue weighted by Crippen LogP contribution is 2.02. The third-order valence-electron chi connectivity index (χ3n) is 2.52. The van der Waals surface area contributed by atoms with E-state index in [4.69, 9.17) is 5.73 Å². The van der Waals surface area contributed by atoms with Crippen LogP contribution < -0.4 is 11.1 Å². The summed E-state index contributed by atoms with van der Waals surface area (Å²) >= 11 is 0. The number of aryl methyl sites for hydroxylation is 1. The van der Waals surface area contributed by atoms with E-state index in [0.717, 1.165) is 5.82 Å². The second kappa shape index (κ2) is 6.34. The molecule has 6 heteroatoms. The van der Waals surface area contributed by atoms with Gasteiger partial charge >= 0.3 is 0 Å². The quantitative estimate of drug-likeness (QED) is 0.736. The predicted molar refractivity (Wildman–Crippen MR) is 65.2 cm³/mol. The molecule has 0 bridgehead atoms. The Kier molecular flexibility index (Phi) is 5.09. The third kappa shape index (κ3) is 4.52. The molecule has 0 aliphatic rings. The summed E-state index contributed by atoms with van der Waals surface area (Å²) in [5.41, 5.74) is 5.76. The van der Waals surface area contributed by atoms with Gasteiger partial charge in [0, 0.05) is 13.1 Å². The largest absolute Gasteiger partial charge is 0.353 e. The number of nitrogens with two attached hydrogens (primary N) is 1. The van der Waals surface area contributed by atoms with Gasteiger partial charge in [-0.25, -0.2) is 0 Å². The first-order valence-corrected chi connectivity index (χ1v) is 5.88. The molecule has 1 atom stereocenters. The zero-order valence-electron chi connectivity index (χ0n) is 10.7. The van der Waals surface area contributed by atoms with Crippen molar-refractivity contribution < 1.29 is 4.79 Å². The van der Waals surface area contributed by atoms with Gasteiger partial charge in [-0.1, -0.05) is 13.8 Å². The molecule has 0 aliphatic carbocycles. The van der Waals surface area contributed by atoms with E-state index < -0.39 is 6.04 Å². The van der Waals surface area contributed by atoms with E-state index in [-0.39, 0.29) is 5.91 Å². The van der Waals surface area contributed by atoms with Gasteiger partial charge in [-0.3, -0.25) is 4.79 Å². The molecule has 0 fully saturated rings. The minimum Gasteiger partial charge on any atom is -0.353 e. The summed E-state index contributed by atoms with van der Waals surface area (Å²) in [5.74, 6) is 1.17. The Hall–Kier alpha value is -1.43. The molecule has 3 N–H and O–H groups in total. The van der Waals surface area contributed by atoms with Gasteiger partial charge in [-0.15, -0.1) is 10.2 Å². The highest BCUT2D eigenvalue weighted by Gasteiger charge is 2.14. The Morgan fingerprint density at radius 3 is 2.82 bits per heavy atom. The first-order chi connectivity index (χ1) is 8.00. The van der Waals surface area contributed by atoms with Crippen molar-refractivity contribution >= 4 is 5.91 Å². The van der Waals surface area contributed by atoms with Gasteiger partial charge in [-0.05, 0) is 19.3 Å². The van der Waals surface area contributed by atoms with Crippen LogP contribution in [0.3, 0.4) is 0 Å². The van der Waals surface area contributed by atoms with Crippen molar-refractivity contribution in [1.29, 1.82) is 0 Å². The van der Waals surface area contributed by atoms with E-state index in [9.17, 15) is 4.79 Å². The highest BCUT2D eigenvalue weighted by molar-refractivity contribution is 5.81. The Labute approximate surface area is 102 Å². The van der Waals surface area contributed by atoms with Crippen LogP contribution in [0.25, 0.3) is 0 Å². The molecule has 17 heavy (non-hydrogen) atoms. The zero-order valence-corrected chi connectivity index (χ0v) is 10.7. The number of hydrogen-bond donors (Lipinski definition) is 2. The summed E-state index contributed by atoms with van der Waals surface area (Å²) in [6, 6.07) is -0.419. The van der Waals surface area contributed by atoms with Crippen LogP contribution in [-0.4, -0.2) is 33.3 Å². The van der Waals surface area contributed by atoms with Crippen LogP contribution in [0.4, 0.5) is 0 Å². The fourth-order valence-corrected chi connectivity index (χ4v) is 1.58. The van der Waals surface area contributed by atoms with Crippen LogP contribution in [0.15, 0.2) is 6.33 Å². The van der Waals surface area contributed by atoms with Crippen LogP contribution >= 0.6 is 0 Å². The highest BCUT2D eigenvalue weighted by atomic mass is 16.2. The SMILES string of the molecule is Cc1nncn1CCNC(=O)[C@@H](N)CC(C)C. The zero-order chi connectivity index (χ0) is 12.8. The second-order valence-electron chi connectivity index (χ2n) is 4.60. The minimum absolute atomic E-state index is 0.0931. The van der Waals surface area contributed by atoms with E-state index in [1.165, 1.54) is 0 Å². The molecule has 1 aromatic heterocycles.